The van der Waals surface area contributed by atoms with E-state index in [0.29, 0.717) is 27.8 Å². The van der Waals surface area contributed by atoms with Crippen molar-refractivity contribution in [3.63, 3.8) is 0 Å². The van der Waals surface area contributed by atoms with E-state index < -0.39 is 17.6 Å². The first-order valence-corrected chi connectivity index (χ1v) is 7.80. The van der Waals surface area contributed by atoms with Gasteiger partial charge < -0.3 is 18.6 Å². The average molecular weight is 348 g/mol. The van der Waals surface area contributed by atoms with Gasteiger partial charge in [-0.3, -0.25) is 4.79 Å². The first kappa shape index (κ1) is 18.5. The molecule has 0 N–H and O–H groups in total. The third-order valence-corrected chi connectivity index (χ3v) is 3.85. The molecular weight excluding hydrogens is 328 g/mol. The third kappa shape index (κ3) is 3.99. The van der Waals surface area contributed by atoms with Crippen molar-refractivity contribution < 1.29 is 28.2 Å². The predicted octanol–water partition coefficient (Wildman–Crippen LogP) is 2.07. The molecule has 0 unspecified atom stereocenters. The zero-order chi connectivity index (χ0) is 18.6. The summed E-state index contributed by atoms with van der Waals surface area (Å²) in [6.07, 6.45) is -0.152. The monoisotopic (exact) mass is 348 g/mol. The minimum atomic E-state index is -0.596. The molecule has 0 radical (unpaired) electrons. The van der Waals surface area contributed by atoms with Crippen LogP contribution in [0, 0.1) is 13.8 Å². The minimum Gasteiger partial charge on any atom is -0.481 e. The van der Waals surface area contributed by atoms with Gasteiger partial charge in [0.25, 0.3) is 0 Å². The number of hydrogen-bond donors (Lipinski definition) is 0. The molecule has 0 bridgehead atoms. The van der Waals surface area contributed by atoms with Gasteiger partial charge >= 0.3 is 17.6 Å². The van der Waals surface area contributed by atoms with Gasteiger partial charge in [0.05, 0.1) is 25.7 Å². The highest BCUT2D eigenvalue weighted by Gasteiger charge is 2.18. The van der Waals surface area contributed by atoms with Crippen LogP contribution in [0.1, 0.15) is 23.6 Å². The van der Waals surface area contributed by atoms with E-state index in [1.807, 2.05) is 0 Å². The Balaban J connectivity index is 2.42. The molecule has 2 aromatic rings. The van der Waals surface area contributed by atoms with E-state index in [-0.39, 0.29) is 25.2 Å². The summed E-state index contributed by atoms with van der Waals surface area (Å²) < 4.78 is 20.2. The first-order valence-electron chi connectivity index (χ1n) is 7.80. The summed E-state index contributed by atoms with van der Waals surface area (Å²) in [6, 6.07) is 3.41. The quantitative estimate of drug-likeness (QED) is 0.583. The topological polar surface area (TPSA) is 92.0 Å². The fraction of sp³-hybridized carbons (Fsp3) is 0.389. The fourth-order valence-corrected chi connectivity index (χ4v) is 2.49. The van der Waals surface area contributed by atoms with Crippen molar-refractivity contribution >= 4 is 22.9 Å². The SMILES string of the molecule is CCOC(=O)COc1ccc2c(C)c(CC(=O)OC)c(=O)oc2c1C. The molecule has 2 rings (SSSR count). The van der Waals surface area contributed by atoms with Crippen LogP contribution in [0.15, 0.2) is 21.3 Å². The average Bonchev–Trinajstić information content (AvgIpc) is 2.58. The summed E-state index contributed by atoms with van der Waals surface area (Å²) in [5, 5.41) is 0.694. The van der Waals surface area contributed by atoms with Crippen molar-refractivity contribution in [1.29, 1.82) is 0 Å². The number of fused-ring (bicyclic) bond motifs is 1. The van der Waals surface area contributed by atoms with Gasteiger partial charge in [0.15, 0.2) is 6.61 Å². The van der Waals surface area contributed by atoms with E-state index in [9.17, 15) is 14.4 Å². The van der Waals surface area contributed by atoms with Crippen LogP contribution in [0.25, 0.3) is 11.0 Å². The number of methoxy groups -OCH3 is 1. The van der Waals surface area contributed by atoms with Gasteiger partial charge in [-0.15, -0.1) is 0 Å². The molecule has 0 fully saturated rings. The molecular formula is C18H20O7. The molecule has 0 saturated heterocycles. The summed E-state index contributed by atoms with van der Waals surface area (Å²) in [6.45, 7) is 5.23. The van der Waals surface area contributed by atoms with E-state index >= 15 is 0 Å². The number of hydrogen-bond acceptors (Lipinski definition) is 7. The summed E-state index contributed by atoms with van der Waals surface area (Å²) in [5.74, 6) is -0.572. The summed E-state index contributed by atoms with van der Waals surface area (Å²) in [4.78, 5) is 35.1. The molecule has 0 amide bonds. The third-order valence-electron chi connectivity index (χ3n) is 3.85. The molecule has 0 aliphatic carbocycles. The van der Waals surface area contributed by atoms with Crippen molar-refractivity contribution in [1.82, 2.24) is 0 Å². The van der Waals surface area contributed by atoms with Crippen molar-refractivity contribution in [3.05, 3.63) is 39.2 Å². The molecule has 7 heteroatoms. The molecule has 0 aliphatic rings. The van der Waals surface area contributed by atoms with Crippen LogP contribution in [0.3, 0.4) is 0 Å². The van der Waals surface area contributed by atoms with Gasteiger partial charge in [-0.1, -0.05) is 0 Å². The Hall–Kier alpha value is -2.83. The number of esters is 2. The predicted molar refractivity (Wildman–Crippen MR) is 89.8 cm³/mol. The van der Waals surface area contributed by atoms with E-state index in [2.05, 4.69) is 4.74 Å². The van der Waals surface area contributed by atoms with Crippen molar-refractivity contribution in [3.8, 4) is 5.75 Å². The fourth-order valence-electron chi connectivity index (χ4n) is 2.49. The molecule has 25 heavy (non-hydrogen) atoms. The Morgan fingerprint density at radius 3 is 2.48 bits per heavy atom. The van der Waals surface area contributed by atoms with E-state index in [0.717, 1.165) is 0 Å². The summed E-state index contributed by atoms with van der Waals surface area (Å²) in [5.41, 5.74) is 1.26. The largest absolute Gasteiger partial charge is 0.481 e. The molecule has 1 aromatic carbocycles. The number of benzene rings is 1. The number of rotatable bonds is 6. The highest BCUT2D eigenvalue weighted by Crippen LogP contribution is 2.29. The van der Waals surface area contributed by atoms with Crippen molar-refractivity contribution in [2.45, 2.75) is 27.2 Å². The first-order chi connectivity index (χ1) is 11.9. The van der Waals surface area contributed by atoms with E-state index in [4.69, 9.17) is 13.9 Å². The number of carbonyl (C=O) groups excluding carboxylic acids is 2. The second kappa shape index (κ2) is 7.83. The van der Waals surface area contributed by atoms with Crippen LogP contribution in [-0.2, 0) is 25.5 Å². The number of carbonyl (C=O) groups is 2. The second-order valence-corrected chi connectivity index (χ2v) is 5.41. The van der Waals surface area contributed by atoms with Crippen LogP contribution in [0.4, 0.5) is 0 Å². The van der Waals surface area contributed by atoms with E-state index in [1.165, 1.54) is 7.11 Å². The number of ether oxygens (including phenoxy) is 3. The Morgan fingerprint density at radius 2 is 1.84 bits per heavy atom. The molecule has 7 nitrogen and oxygen atoms in total. The Labute approximate surface area is 144 Å². The van der Waals surface area contributed by atoms with Crippen molar-refractivity contribution in [2.24, 2.45) is 0 Å². The lowest BCUT2D eigenvalue weighted by molar-refractivity contribution is -0.145. The lowest BCUT2D eigenvalue weighted by atomic mass is 10.0. The second-order valence-electron chi connectivity index (χ2n) is 5.41. The van der Waals surface area contributed by atoms with Gasteiger partial charge in [-0.05, 0) is 38.5 Å². The summed E-state index contributed by atoms with van der Waals surface area (Å²) in [7, 11) is 1.26. The Kier molecular flexibility index (Phi) is 5.80. The van der Waals surface area contributed by atoms with Gasteiger partial charge in [-0.25, -0.2) is 9.59 Å². The number of aryl methyl sites for hydroxylation is 2. The normalized spacial score (nSPS) is 10.6. The molecule has 0 aliphatic heterocycles. The molecule has 1 heterocycles. The van der Waals surface area contributed by atoms with Crippen LogP contribution in [-0.4, -0.2) is 32.3 Å². The van der Waals surface area contributed by atoms with Crippen LogP contribution >= 0.6 is 0 Å². The molecule has 134 valence electrons. The molecule has 1 aromatic heterocycles. The van der Waals surface area contributed by atoms with Crippen molar-refractivity contribution in [2.75, 3.05) is 20.3 Å². The van der Waals surface area contributed by atoms with Crippen LogP contribution in [0.2, 0.25) is 0 Å². The smallest absolute Gasteiger partial charge is 0.344 e. The Bertz CT molecular complexity index is 864. The molecule has 0 spiro atoms. The molecule has 0 atom stereocenters. The maximum atomic E-state index is 12.2. The minimum absolute atomic E-state index is 0.152. The van der Waals surface area contributed by atoms with Gasteiger partial charge in [0.1, 0.15) is 11.3 Å². The summed E-state index contributed by atoms with van der Waals surface area (Å²) >= 11 is 0. The van der Waals surface area contributed by atoms with Gasteiger partial charge in [-0.2, -0.15) is 0 Å². The highest BCUT2D eigenvalue weighted by atomic mass is 16.6. The lowest BCUT2D eigenvalue weighted by Crippen LogP contribution is -2.17. The standard InChI is InChI=1S/C18H20O7/c1-5-23-16(20)9-24-14-7-6-12-10(2)13(8-15(19)22-4)18(21)25-17(12)11(14)3/h6-7H,5,8-9H2,1-4H3. The lowest BCUT2D eigenvalue weighted by Gasteiger charge is -2.12. The maximum absolute atomic E-state index is 12.2. The van der Waals surface area contributed by atoms with E-state index in [1.54, 1.807) is 32.9 Å². The van der Waals surface area contributed by atoms with Gasteiger partial charge in [0.2, 0.25) is 0 Å². The van der Waals surface area contributed by atoms with Crippen LogP contribution < -0.4 is 10.4 Å². The zero-order valence-corrected chi connectivity index (χ0v) is 14.6. The van der Waals surface area contributed by atoms with Crippen LogP contribution in [0.5, 0.6) is 5.75 Å². The highest BCUT2D eigenvalue weighted by molar-refractivity contribution is 5.87. The Morgan fingerprint density at radius 1 is 1.12 bits per heavy atom. The van der Waals surface area contributed by atoms with Gasteiger partial charge in [0, 0.05) is 10.9 Å². The zero-order valence-electron chi connectivity index (χ0n) is 14.6. The molecule has 0 saturated carbocycles. The maximum Gasteiger partial charge on any atom is 0.344 e.